The molecule has 5 heteroatoms. The van der Waals surface area contributed by atoms with Crippen LogP contribution < -0.4 is 0 Å². The van der Waals surface area contributed by atoms with Gasteiger partial charge in [-0.3, -0.25) is 19.3 Å². The zero-order chi connectivity index (χ0) is 15.0. The lowest BCUT2D eigenvalue weighted by atomic mass is 9.98. The van der Waals surface area contributed by atoms with Crippen LogP contribution in [0, 0.1) is 6.92 Å². The fraction of sp³-hybridized carbons (Fsp3) is 0.188. The fourth-order valence-corrected chi connectivity index (χ4v) is 3.16. The number of ketones is 1. The quantitative estimate of drug-likeness (QED) is 0.646. The average molecular weight is 299 g/mol. The van der Waals surface area contributed by atoms with Crippen LogP contribution >= 0.6 is 11.3 Å². The highest BCUT2D eigenvalue weighted by Crippen LogP contribution is 2.21. The van der Waals surface area contributed by atoms with Gasteiger partial charge in [-0.2, -0.15) is 0 Å². The fourth-order valence-electron chi connectivity index (χ4n) is 2.37. The molecule has 4 nitrogen and oxygen atoms in total. The zero-order valence-corrected chi connectivity index (χ0v) is 12.3. The summed E-state index contributed by atoms with van der Waals surface area (Å²) in [7, 11) is 0. The van der Waals surface area contributed by atoms with Crippen molar-refractivity contribution in [1.82, 2.24) is 4.90 Å². The molecular weight excluding hydrogens is 286 g/mol. The van der Waals surface area contributed by atoms with E-state index in [0.717, 1.165) is 15.3 Å². The lowest BCUT2D eigenvalue weighted by Crippen LogP contribution is -2.44. The van der Waals surface area contributed by atoms with Crippen LogP contribution in [0.15, 0.2) is 36.4 Å². The van der Waals surface area contributed by atoms with E-state index in [2.05, 4.69) is 0 Å². The van der Waals surface area contributed by atoms with Crippen LogP contribution in [0.3, 0.4) is 0 Å². The Morgan fingerprint density at radius 2 is 1.95 bits per heavy atom. The molecule has 0 bridgehead atoms. The highest BCUT2D eigenvalue weighted by molar-refractivity contribution is 7.14. The number of benzene rings is 1. The van der Waals surface area contributed by atoms with E-state index in [1.165, 1.54) is 11.3 Å². The van der Waals surface area contributed by atoms with Gasteiger partial charge in [0.05, 0.1) is 17.8 Å². The Hall–Kier alpha value is -2.27. The standard InChI is InChI=1S/C16H13NO3S/c1-10-6-7-14(21-10)13(18)9-17-15(19)8-11-4-2-3-5-12(11)16(17)20/h2-7H,8-9H2,1H3. The number of Topliss-reactive ketones (excluding diaryl/α,β-unsaturated/α-hetero) is 1. The Morgan fingerprint density at radius 3 is 2.67 bits per heavy atom. The smallest absolute Gasteiger partial charge is 0.261 e. The summed E-state index contributed by atoms with van der Waals surface area (Å²) in [5.74, 6) is -0.905. The maximum absolute atomic E-state index is 12.4. The SMILES string of the molecule is Cc1ccc(C(=O)CN2C(=O)Cc3ccccc3C2=O)s1. The summed E-state index contributed by atoms with van der Waals surface area (Å²) in [6.07, 6.45) is 0.165. The van der Waals surface area contributed by atoms with Gasteiger partial charge < -0.3 is 0 Å². The van der Waals surface area contributed by atoms with E-state index in [1.54, 1.807) is 30.3 Å². The summed E-state index contributed by atoms with van der Waals surface area (Å²) in [6.45, 7) is 1.72. The van der Waals surface area contributed by atoms with E-state index < -0.39 is 0 Å². The first-order chi connectivity index (χ1) is 10.1. The van der Waals surface area contributed by atoms with Gasteiger partial charge in [-0.05, 0) is 30.7 Å². The number of carbonyl (C=O) groups is 3. The molecule has 3 rings (SSSR count). The minimum Gasteiger partial charge on any atom is -0.291 e. The Morgan fingerprint density at radius 1 is 1.19 bits per heavy atom. The van der Waals surface area contributed by atoms with E-state index in [9.17, 15) is 14.4 Å². The number of imide groups is 1. The number of thiophene rings is 1. The van der Waals surface area contributed by atoms with Crippen molar-refractivity contribution >= 4 is 28.9 Å². The van der Waals surface area contributed by atoms with Crippen molar-refractivity contribution in [3.63, 3.8) is 0 Å². The van der Waals surface area contributed by atoms with Crippen LogP contribution in [0.5, 0.6) is 0 Å². The summed E-state index contributed by atoms with van der Waals surface area (Å²) in [5, 5.41) is 0. The molecule has 2 amide bonds. The summed E-state index contributed by atoms with van der Waals surface area (Å²) >= 11 is 1.37. The van der Waals surface area contributed by atoms with Crippen LogP contribution in [0.2, 0.25) is 0 Å². The summed E-state index contributed by atoms with van der Waals surface area (Å²) in [4.78, 5) is 39.3. The molecule has 1 aromatic carbocycles. The van der Waals surface area contributed by atoms with Crippen molar-refractivity contribution in [2.75, 3.05) is 6.54 Å². The third-order valence-corrected chi connectivity index (χ3v) is 4.49. The zero-order valence-electron chi connectivity index (χ0n) is 11.5. The predicted octanol–water partition coefficient (Wildman–Crippen LogP) is 2.46. The Labute approximate surface area is 126 Å². The first kappa shape index (κ1) is 13.7. The second-order valence-corrected chi connectivity index (χ2v) is 6.24. The van der Waals surface area contributed by atoms with Crippen LogP contribution in [0.1, 0.15) is 30.5 Å². The molecule has 0 unspecified atom stereocenters. The molecule has 106 valence electrons. The maximum Gasteiger partial charge on any atom is 0.261 e. The summed E-state index contributed by atoms with van der Waals surface area (Å²) in [6, 6.07) is 10.6. The van der Waals surface area contributed by atoms with Crippen molar-refractivity contribution in [3.8, 4) is 0 Å². The van der Waals surface area contributed by atoms with Crippen molar-refractivity contribution in [1.29, 1.82) is 0 Å². The highest BCUT2D eigenvalue weighted by atomic mass is 32.1. The third kappa shape index (κ3) is 2.52. The molecule has 0 atom stereocenters. The van der Waals surface area contributed by atoms with Gasteiger partial charge in [0.1, 0.15) is 0 Å². The number of aryl methyl sites for hydroxylation is 1. The third-order valence-electron chi connectivity index (χ3n) is 3.45. The number of rotatable bonds is 3. The molecule has 1 aromatic heterocycles. The largest absolute Gasteiger partial charge is 0.291 e. The molecule has 0 aliphatic carbocycles. The van der Waals surface area contributed by atoms with E-state index in [-0.39, 0.29) is 30.6 Å². The molecule has 0 N–H and O–H groups in total. The van der Waals surface area contributed by atoms with Gasteiger partial charge in [0.25, 0.3) is 5.91 Å². The Bertz CT molecular complexity index is 747. The maximum atomic E-state index is 12.4. The van der Waals surface area contributed by atoms with E-state index >= 15 is 0 Å². The van der Waals surface area contributed by atoms with Gasteiger partial charge in [0.15, 0.2) is 5.78 Å². The van der Waals surface area contributed by atoms with Crippen molar-refractivity contribution < 1.29 is 14.4 Å². The molecule has 1 aliphatic heterocycles. The average Bonchev–Trinajstić information content (AvgIpc) is 2.90. The molecule has 1 aliphatic rings. The first-order valence-electron chi connectivity index (χ1n) is 6.58. The molecule has 0 fully saturated rings. The number of carbonyl (C=O) groups excluding carboxylic acids is 3. The van der Waals surface area contributed by atoms with E-state index in [1.807, 2.05) is 13.0 Å². The van der Waals surface area contributed by atoms with Gasteiger partial charge in [-0.15, -0.1) is 11.3 Å². The van der Waals surface area contributed by atoms with Gasteiger partial charge in [0.2, 0.25) is 5.91 Å². The molecular formula is C16H13NO3S. The molecule has 21 heavy (non-hydrogen) atoms. The minimum absolute atomic E-state index is 0.165. The first-order valence-corrected chi connectivity index (χ1v) is 7.40. The Kier molecular flexibility index (Phi) is 3.43. The van der Waals surface area contributed by atoms with Crippen molar-refractivity contribution in [3.05, 3.63) is 57.3 Å². The van der Waals surface area contributed by atoms with Gasteiger partial charge >= 0.3 is 0 Å². The molecule has 0 saturated carbocycles. The van der Waals surface area contributed by atoms with Crippen LogP contribution in [-0.4, -0.2) is 29.0 Å². The monoisotopic (exact) mass is 299 g/mol. The molecule has 2 heterocycles. The summed E-state index contributed by atoms with van der Waals surface area (Å²) in [5.41, 5.74) is 1.23. The van der Waals surface area contributed by atoms with Crippen LogP contribution in [0.25, 0.3) is 0 Å². The van der Waals surface area contributed by atoms with Crippen LogP contribution in [-0.2, 0) is 11.2 Å². The molecule has 0 spiro atoms. The second-order valence-electron chi connectivity index (χ2n) is 4.95. The molecule has 2 aromatic rings. The topological polar surface area (TPSA) is 54.5 Å². The number of hydrogen-bond acceptors (Lipinski definition) is 4. The minimum atomic E-state index is -0.386. The second kappa shape index (κ2) is 5.26. The number of fused-ring (bicyclic) bond motifs is 1. The molecule has 0 saturated heterocycles. The normalized spacial score (nSPS) is 14.2. The summed E-state index contributed by atoms with van der Waals surface area (Å²) < 4.78 is 0. The van der Waals surface area contributed by atoms with E-state index in [0.29, 0.717) is 10.4 Å². The van der Waals surface area contributed by atoms with Crippen molar-refractivity contribution in [2.45, 2.75) is 13.3 Å². The van der Waals surface area contributed by atoms with Crippen molar-refractivity contribution in [2.24, 2.45) is 0 Å². The molecule has 0 radical (unpaired) electrons. The van der Waals surface area contributed by atoms with Crippen LogP contribution in [0.4, 0.5) is 0 Å². The Balaban J connectivity index is 1.85. The van der Waals surface area contributed by atoms with Gasteiger partial charge in [0, 0.05) is 10.4 Å². The lowest BCUT2D eigenvalue weighted by molar-refractivity contribution is -0.128. The lowest BCUT2D eigenvalue weighted by Gasteiger charge is -2.25. The predicted molar refractivity (Wildman–Crippen MR) is 79.6 cm³/mol. The number of amides is 2. The van der Waals surface area contributed by atoms with E-state index in [4.69, 9.17) is 0 Å². The number of hydrogen-bond donors (Lipinski definition) is 0. The highest BCUT2D eigenvalue weighted by Gasteiger charge is 2.32. The number of nitrogens with zero attached hydrogens (tertiary/aromatic N) is 1. The van der Waals surface area contributed by atoms with Gasteiger partial charge in [-0.1, -0.05) is 18.2 Å². The van der Waals surface area contributed by atoms with Gasteiger partial charge in [-0.25, -0.2) is 0 Å².